The van der Waals surface area contributed by atoms with E-state index >= 15 is 0 Å². The lowest BCUT2D eigenvalue weighted by Gasteiger charge is -2.14. The van der Waals surface area contributed by atoms with E-state index < -0.39 is 123 Å². The molecule has 0 fully saturated rings. The van der Waals surface area contributed by atoms with Crippen LogP contribution in [0.15, 0.2) is 54.6 Å². The van der Waals surface area contributed by atoms with E-state index in [0.717, 1.165) is 24.3 Å². The lowest BCUT2D eigenvalue weighted by atomic mass is 10.1. The minimum absolute atomic E-state index is 0.102. The molecule has 286 valence electrons. The highest BCUT2D eigenvalue weighted by Gasteiger charge is 2.58. The van der Waals surface area contributed by atoms with Crippen LogP contribution in [0.25, 0.3) is 21.8 Å². The maximum atomic E-state index is 11.6. The number of nitrogens with one attached hydrogen (secondary N) is 1. The first-order valence-corrected chi connectivity index (χ1v) is 13.8. The molecule has 1 N–H and O–H groups in total. The first-order valence-electron chi connectivity index (χ1n) is 13.8. The monoisotopic (exact) mass is 786 g/mol. The van der Waals surface area contributed by atoms with Crippen molar-refractivity contribution in [1.29, 1.82) is 0 Å². The number of fused-ring (bicyclic) bond motifs is 3. The Kier molecular flexibility index (Phi) is 10.2. The Morgan fingerprint density at radius 3 is 1.12 bits per heavy atom. The van der Waals surface area contributed by atoms with E-state index in [1.807, 2.05) is 0 Å². The Morgan fingerprint density at radius 2 is 0.732 bits per heavy atom. The molecule has 32 nitrogen and oxygen atoms in total. The zero-order chi connectivity index (χ0) is 42.1. The number of aromatic nitrogens is 1. The second kappa shape index (κ2) is 14.6. The predicted octanol–water partition coefficient (Wildman–Crippen LogP) is 5.51. The molecular formula is C24H10N12O20. The Labute approximate surface area is 299 Å². The van der Waals surface area contributed by atoms with Crippen LogP contribution in [-0.2, 0) is 0 Å². The first-order chi connectivity index (χ1) is 26.2. The van der Waals surface area contributed by atoms with Crippen molar-refractivity contribution in [2.45, 2.75) is 0 Å². The minimum Gasteiger partial charge on any atom is -0.348 e. The number of benzene rings is 4. The van der Waals surface area contributed by atoms with E-state index in [4.69, 9.17) is 0 Å². The smallest absolute Gasteiger partial charge is 0.348 e. The number of nitro groups is 10. The van der Waals surface area contributed by atoms with Crippen molar-refractivity contribution in [3.05, 3.63) is 156 Å². The SMILES string of the molecule is O=[N+]([O-])c1c(N(c2ccccc2)[N+](=O)[O-])c([N+](=O)[O-])c([N+](=O)[O-])c([N+](=O)[O-])c1[N+](=O)[O-].O=[N+]([O-])c1c([N+](=O)[O-])c([N+](=O)[O-])c2c([nH]c3ccccc32)c1[N+](=O)[O-]. The lowest BCUT2D eigenvalue weighted by molar-refractivity contribution is -0.489. The summed E-state index contributed by atoms with van der Waals surface area (Å²) in [5.41, 5.74) is -18.7. The van der Waals surface area contributed by atoms with E-state index in [1.165, 1.54) is 30.3 Å². The van der Waals surface area contributed by atoms with Gasteiger partial charge in [0.1, 0.15) is 16.6 Å². The van der Waals surface area contributed by atoms with Gasteiger partial charge >= 0.3 is 51.2 Å². The van der Waals surface area contributed by atoms with Gasteiger partial charge in [0.2, 0.25) is 0 Å². The lowest BCUT2D eigenvalue weighted by Crippen LogP contribution is -2.27. The van der Waals surface area contributed by atoms with E-state index in [-0.39, 0.29) is 15.9 Å². The second-order valence-corrected chi connectivity index (χ2v) is 10.1. The van der Waals surface area contributed by atoms with Crippen LogP contribution in [0.1, 0.15) is 0 Å². The van der Waals surface area contributed by atoms with Crippen molar-refractivity contribution in [2.75, 3.05) is 5.01 Å². The highest BCUT2D eigenvalue weighted by Crippen LogP contribution is 2.57. The quantitative estimate of drug-likeness (QED) is 0.120. The summed E-state index contributed by atoms with van der Waals surface area (Å²) in [5, 5.41) is 112. The van der Waals surface area contributed by atoms with Crippen molar-refractivity contribution in [1.82, 2.24) is 4.98 Å². The molecule has 1 heterocycles. The first kappa shape index (κ1) is 39.3. The van der Waals surface area contributed by atoms with E-state index in [9.17, 15) is 101 Å². The number of hydrogen-bond donors (Lipinski definition) is 1. The van der Waals surface area contributed by atoms with Crippen molar-refractivity contribution >= 4 is 84.4 Å². The number of para-hydroxylation sites is 2. The molecule has 0 saturated carbocycles. The number of aromatic amines is 1. The van der Waals surface area contributed by atoms with Crippen molar-refractivity contribution in [2.24, 2.45) is 0 Å². The number of hydrogen-bond acceptors (Lipinski definition) is 20. The van der Waals surface area contributed by atoms with Crippen LogP contribution >= 0.6 is 0 Å². The largest absolute Gasteiger partial charge is 0.437 e. The number of rotatable bonds is 12. The fourth-order valence-corrected chi connectivity index (χ4v) is 5.34. The molecule has 32 heteroatoms. The molecule has 0 saturated heterocycles. The van der Waals surface area contributed by atoms with E-state index in [2.05, 4.69) is 4.98 Å². The molecule has 0 radical (unpaired) electrons. The Morgan fingerprint density at radius 1 is 0.393 bits per heavy atom. The average Bonchev–Trinajstić information content (AvgIpc) is 3.48. The van der Waals surface area contributed by atoms with Gasteiger partial charge in [0.25, 0.3) is 5.69 Å². The molecule has 1 aromatic heterocycles. The van der Waals surface area contributed by atoms with Gasteiger partial charge in [-0.2, -0.15) is 0 Å². The number of nitro benzene ring substituents is 9. The summed E-state index contributed by atoms with van der Waals surface area (Å²) < 4.78 is 0. The van der Waals surface area contributed by atoms with Crippen molar-refractivity contribution in [3.63, 3.8) is 0 Å². The third-order valence-corrected chi connectivity index (χ3v) is 7.22. The summed E-state index contributed by atoms with van der Waals surface area (Å²) in [6, 6.07) is 11.2. The molecule has 0 bridgehead atoms. The van der Waals surface area contributed by atoms with Crippen LogP contribution in [0.2, 0.25) is 0 Å². The number of anilines is 2. The molecule has 0 atom stereocenters. The third-order valence-electron chi connectivity index (χ3n) is 7.22. The van der Waals surface area contributed by atoms with E-state index in [1.54, 1.807) is 0 Å². The number of H-pyrrole nitrogens is 1. The number of nitrogens with zero attached hydrogens (tertiary/aromatic N) is 11. The van der Waals surface area contributed by atoms with Crippen LogP contribution in [-0.4, -0.2) is 54.3 Å². The van der Waals surface area contributed by atoms with Gasteiger partial charge in [0.15, 0.2) is 5.03 Å². The summed E-state index contributed by atoms with van der Waals surface area (Å²) in [7, 11) is 0. The average molecular weight is 786 g/mol. The molecule has 0 aliphatic heterocycles. The van der Waals surface area contributed by atoms with Gasteiger partial charge in [-0.25, -0.2) is 10.1 Å². The van der Waals surface area contributed by atoms with Gasteiger partial charge < -0.3 is 4.98 Å². The topological polar surface area (TPSA) is 450 Å². The molecular weight excluding hydrogens is 776 g/mol. The molecule has 0 aliphatic rings. The van der Waals surface area contributed by atoms with Gasteiger partial charge in [0, 0.05) is 10.9 Å². The summed E-state index contributed by atoms with van der Waals surface area (Å²) in [6.07, 6.45) is 0. The minimum atomic E-state index is -2.17. The predicted molar refractivity (Wildman–Crippen MR) is 178 cm³/mol. The van der Waals surface area contributed by atoms with Crippen LogP contribution in [0.4, 0.5) is 62.6 Å². The summed E-state index contributed by atoms with van der Waals surface area (Å²) in [6.45, 7) is 0. The Balaban J connectivity index is 0.000000254. The zero-order valence-corrected chi connectivity index (χ0v) is 26.3. The maximum absolute atomic E-state index is 11.6. The highest BCUT2D eigenvalue weighted by molar-refractivity contribution is 6.18. The van der Waals surface area contributed by atoms with Crippen LogP contribution in [0.5, 0.6) is 0 Å². The molecule has 0 unspecified atom stereocenters. The van der Waals surface area contributed by atoms with E-state index in [0.29, 0.717) is 0 Å². The maximum Gasteiger partial charge on any atom is 0.437 e. The standard InChI is InChI=1S/C12H5N7O12.C12H5N5O8/c20-14(21)8-7(13(19(30)31)6-4-2-1-3-5-6)9(15(22)23)11(17(26)27)12(18(28)29)10(8)16(24)25;18-14(19)9-7-5-3-1-2-4-6(5)13-8(7)10(15(20)21)12(17(24)25)11(9)16(22)23/h1-5H;1-4,13H. The Bertz CT molecular complexity index is 2590. The normalized spacial score (nSPS) is 10.5. The van der Waals surface area contributed by atoms with Crippen LogP contribution < -0.4 is 5.01 Å². The summed E-state index contributed by atoms with van der Waals surface area (Å²) in [4.78, 5) is 103. The molecule has 5 aromatic rings. The third kappa shape index (κ3) is 6.53. The second-order valence-electron chi connectivity index (χ2n) is 10.1. The van der Waals surface area contributed by atoms with Crippen molar-refractivity contribution in [3.8, 4) is 0 Å². The molecule has 4 aromatic carbocycles. The fraction of sp³-hybridized carbons (Fsp3) is 0. The Hall–Kier alpha value is -9.52. The molecule has 5 rings (SSSR count). The van der Waals surface area contributed by atoms with Crippen LogP contribution in [0.3, 0.4) is 0 Å². The fourth-order valence-electron chi connectivity index (χ4n) is 5.34. The highest BCUT2D eigenvalue weighted by atomic mass is 16.7. The van der Waals surface area contributed by atoms with Gasteiger partial charge in [0.05, 0.1) is 44.3 Å². The van der Waals surface area contributed by atoms with Gasteiger partial charge in [-0.15, -0.1) is 0 Å². The molecule has 56 heavy (non-hydrogen) atoms. The van der Waals surface area contributed by atoms with Gasteiger partial charge in [-0.3, -0.25) is 91.0 Å². The zero-order valence-electron chi connectivity index (χ0n) is 26.3. The van der Waals surface area contributed by atoms with Gasteiger partial charge in [-0.1, -0.05) is 36.4 Å². The molecule has 0 amide bonds. The van der Waals surface area contributed by atoms with Gasteiger partial charge in [-0.05, 0) is 23.2 Å². The number of hydrazine groups is 1. The molecule has 0 spiro atoms. The summed E-state index contributed by atoms with van der Waals surface area (Å²) in [5.74, 6) is 0. The van der Waals surface area contributed by atoms with Crippen LogP contribution in [0, 0.1) is 101 Å². The summed E-state index contributed by atoms with van der Waals surface area (Å²) >= 11 is 0. The molecule has 0 aliphatic carbocycles. The van der Waals surface area contributed by atoms with Crippen molar-refractivity contribution < 1.29 is 49.3 Å².